The van der Waals surface area contributed by atoms with Gasteiger partial charge in [-0.15, -0.1) is 0 Å². The Bertz CT molecular complexity index is 1060. The molecule has 178 valence electrons. The number of anilines is 1. The minimum Gasteiger partial charge on any atom is -0.462 e. The first-order chi connectivity index (χ1) is 15.6. The quantitative estimate of drug-likeness (QED) is 0.491. The minimum absolute atomic E-state index is 0.00297. The van der Waals surface area contributed by atoms with Crippen LogP contribution >= 0.6 is 0 Å². The maximum absolute atomic E-state index is 14.2. The van der Waals surface area contributed by atoms with Gasteiger partial charge in [0.1, 0.15) is 5.56 Å². The van der Waals surface area contributed by atoms with Gasteiger partial charge in [0.15, 0.2) is 5.69 Å². The van der Waals surface area contributed by atoms with Crippen molar-refractivity contribution in [1.29, 1.82) is 0 Å². The number of benzene rings is 1. The van der Waals surface area contributed by atoms with Crippen molar-refractivity contribution in [2.45, 2.75) is 76.9 Å². The number of pyridine rings is 1. The number of fused-ring (bicyclic) bond motifs is 1. The molecule has 33 heavy (non-hydrogen) atoms. The number of ether oxygens (including phenoxy) is 1. The first-order valence-electron chi connectivity index (χ1n) is 12.1. The maximum atomic E-state index is 14.2. The van der Waals surface area contributed by atoms with E-state index in [-0.39, 0.29) is 29.3 Å². The molecule has 6 rings (SSSR count). The highest BCUT2D eigenvalue weighted by Crippen LogP contribution is 2.57. The molecule has 4 aliphatic rings. The third-order valence-corrected chi connectivity index (χ3v) is 7.85. The number of hydrogen-bond donors (Lipinski definition) is 1. The highest BCUT2D eigenvalue weighted by Gasteiger charge is 2.52. The third kappa shape index (κ3) is 3.97. The van der Waals surface area contributed by atoms with Crippen LogP contribution < -0.4 is 5.32 Å². The number of halogens is 3. The standard InChI is InChI=1S/C26H31F3N2O2/c1-4-33-24(32)21-22(31-25-11-15-7-16(12-25)9-17(8-15)13-25)19-10-18(14(2)3)5-6-20(19)30-23(21)26(27,28)29/h5-6,10,14-17H,4,7-9,11-13H2,1-3H3,(H,30,31). The molecule has 0 amide bonds. The summed E-state index contributed by atoms with van der Waals surface area (Å²) in [5.74, 6) is 1.04. The number of aromatic nitrogens is 1. The number of carbonyl (C=O) groups excluding carboxylic acids is 1. The molecule has 4 nitrogen and oxygen atoms in total. The zero-order valence-corrected chi connectivity index (χ0v) is 19.4. The Hall–Kier alpha value is -2.31. The summed E-state index contributed by atoms with van der Waals surface area (Å²) >= 11 is 0. The zero-order valence-electron chi connectivity index (χ0n) is 19.4. The van der Waals surface area contributed by atoms with E-state index in [0.29, 0.717) is 23.1 Å². The highest BCUT2D eigenvalue weighted by atomic mass is 19.4. The van der Waals surface area contributed by atoms with Gasteiger partial charge >= 0.3 is 12.1 Å². The molecule has 7 heteroatoms. The smallest absolute Gasteiger partial charge is 0.434 e. The summed E-state index contributed by atoms with van der Waals surface area (Å²) in [5, 5.41) is 4.14. The highest BCUT2D eigenvalue weighted by molar-refractivity contribution is 6.06. The molecule has 1 aromatic heterocycles. The molecule has 2 aromatic rings. The van der Waals surface area contributed by atoms with Gasteiger partial charge in [-0.1, -0.05) is 19.9 Å². The Morgan fingerprint density at radius 2 is 1.76 bits per heavy atom. The molecule has 0 spiro atoms. The third-order valence-electron chi connectivity index (χ3n) is 7.85. The lowest BCUT2D eigenvalue weighted by atomic mass is 9.53. The van der Waals surface area contributed by atoms with E-state index in [9.17, 15) is 18.0 Å². The van der Waals surface area contributed by atoms with Crippen molar-refractivity contribution in [3.8, 4) is 0 Å². The SMILES string of the molecule is CCOC(=O)c1c(C(F)(F)F)nc2ccc(C(C)C)cc2c1NC12CC3CC(CC(C3)C1)C2. The summed E-state index contributed by atoms with van der Waals surface area (Å²) in [6.07, 6.45) is 1.70. The normalized spacial score (nSPS) is 28.5. The van der Waals surface area contributed by atoms with Gasteiger partial charge in [0.05, 0.1) is 17.8 Å². The van der Waals surface area contributed by atoms with Crippen LogP contribution in [0.15, 0.2) is 18.2 Å². The first-order valence-corrected chi connectivity index (χ1v) is 12.1. The topological polar surface area (TPSA) is 51.2 Å². The van der Waals surface area contributed by atoms with Crippen LogP contribution in [0.25, 0.3) is 10.9 Å². The Balaban J connectivity index is 1.73. The van der Waals surface area contributed by atoms with Gasteiger partial charge in [0.25, 0.3) is 0 Å². The fourth-order valence-corrected chi connectivity index (χ4v) is 6.91. The van der Waals surface area contributed by atoms with Gasteiger partial charge in [0.2, 0.25) is 0 Å². The average Bonchev–Trinajstić information content (AvgIpc) is 2.71. The number of nitrogens with zero attached hydrogens (tertiary/aromatic N) is 1. The second-order valence-electron chi connectivity index (χ2n) is 10.7. The summed E-state index contributed by atoms with van der Waals surface area (Å²) in [6.45, 7) is 5.67. The minimum atomic E-state index is -4.77. The number of hydrogen-bond acceptors (Lipinski definition) is 4. The predicted octanol–water partition coefficient (Wildman–Crippen LogP) is 6.93. The largest absolute Gasteiger partial charge is 0.462 e. The van der Waals surface area contributed by atoms with Crippen molar-refractivity contribution in [2.75, 3.05) is 11.9 Å². The Labute approximate surface area is 192 Å². The van der Waals surface area contributed by atoms with Crippen molar-refractivity contribution in [3.05, 3.63) is 35.0 Å². The molecule has 0 radical (unpaired) electrons. The van der Waals surface area contributed by atoms with Gasteiger partial charge < -0.3 is 10.1 Å². The summed E-state index contributed by atoms with van der Waals surface area (Å²) in [4.78, 5) is 16.9. The van der Waals surface area contributed by atoms with Gasteiger partial charge in [-0.3, -0.25) is 0 Å². The van der Waals surface area contributed by atoms with Crippen LogP contribution in [0.5, 0.6) is 0 Å². The lowest BCUT2D eigenvalue weighted by molar-refractivity contribution is -0.141. The van der Waals surface area contributed by atoms with E-state index in [2.05, 4.69) is 10.3 Å². The second-order valence-corrected chi connectivity index (χ2v) is 10.7. The molecule has 4 aliphatic carbocycles. The molecule has 1 heterocycles. The lowest BCUT2D eigenvalue weighted by Gasteiger charge is -2.57. The number of alkyl halides is 3. The number of nitrogens with one attached hydrogen (secondary N) is 1. The van der Waals surface area contributed by atoms with E-state index in [0.717, 1.165) is 24.8 Å². The summed E-state index contributed by atoms with van der Waals surface area (Å²) in [7, 11) is 0. The summed E-state index contributed by atoms with van der Waals surface area (Å²) in [5.41, 5.74) is -0.442. The van der Waals surface area contributed by atoms with Crippen molar-refractivity contribution in [3.63, 3.8) is 0 Å². The average molecular weight is 461 g/mol. The summed E-state index contributed by atoms with van der Waals surface area (Å²) < 4.78 is 47.6. The summed E-state index contributed by atoms with van der Waals surface area (Å²) in [6, 6.07) is 5.34. The van der Waals surface area contributed by atoms with Crippen LogP contribution in [0.4, 0.5) is 18.9 Å². The van der Waals surface area contributed by atoms with Crippen LogP contribution in [0, 0.1) is 17.8 Å². The molecule has 1 N–H and O–H groups in total. The van der Waals surface area contributed by atoms with Gasteiger partial charge in [-0.05, 0) is 86.8 Å². The second kappa shape index (κ2) is 7.88. The Kier molecular flexibility index (Phi) is 5.37. The van der Waals surface area contributed by atoms with Crippen molar-refractivity contribution in [2.24, 2.45) is 17.8 Å². The molecule has 0 aliphatic heterocycles. The maximum Gasteiger partial charge on any atom is 0.434 e. The van der Waals surface area contributed by atoms with Crippen LogP contribution in [-0.2, 0) is 10.9 Å². The predicted molar refractivity (Wildman–Crippen MR) is 121 cm³/mol. The van der Waals surface area contributed by atoms with E-state index >= 15 is 0 Å². The number of rotatable bonds is 5. The van der Waals surface area contributed by atoms with Gasteiger partial charge in [-0.25, -0.2) is 9.78 Å². The molecule has 1 aromatic carbocycles. The lowest BCUT2D eigenvalue weighted by Crippen LogP contribution is -2.55. The number of carbonyl (C=O) groups is 1. The van der Waals surface area contributed by atoms with E-state index in [1.54, 1.807) is 13.0 Å². The molecule has 4 saturated carbocycles. The molecular formula is C26H31F3N2O2. The fraction of sp³-hybridized carbons (Fsp3) is 0.615. The van der Waals surface area contributed by atoms with Crippen LogP contribution in [0.3, 0.4) is 0 Å². The first kappa shape index (κ1) is 22.5. The molecule has 0 unspecified atom stereocenters. The van der Waals surface area contributed by atoms with E-state index in [1.807, 2.05) is 26.0 Å². The molecule has 4 bridgehead atoms. The van der Waals surface area contributed by atoms with Crippen LogP contribution in [0.1, 0.15) is 86.8 Å². The van der Waals surface area contributed by atoms with Crippen molar-refractivity contribution in [1.82, 2.24) is 4.98 Å². The van der Waals surface area contributed by atoms with E-state index < -0.39 is 23.4 Å². The number of esters is 1. The fourth-order valence-electron chi connectivity index (χ4n) is 6.91. The molecule has 0 atom stereocenters. The molecule has 0 saturated heterocycles. The Morgan fingerprint density at radius 3 is 2.27 bits per heavy atom. The van der Waals surface area contributed by atoms with Crippen LogP contribution in [0.2, 0.25) is 0 Å². The monoisotopic (exact) mass is 460 g/mol. The van der Waals surface area contributed by atoms with Crippen LogP contribution in [-0.4, -0.2) is 23.1 Å². The Morgan fingerprint density at radius 1 is 1.15 bits per heavy atom. The van der Waals surface area contributed by atoms with E-state index in [4.69, 9.17) is 4.74 Å². The molecular weight excluding hydrogens is 429 g/mol. The zero-order chi connectivity index (χ0) is 23.5. The van der Waals surface area contributed by atoms with Gasteiger partial charge in [0, 0.05) is 10.9 Å². The van der Waals surface area contributed by atoms with E-state index in [1.165, 1.54) is 19.3 Å². The van der Waals surface area contributed by atoms with Crippen molar-refractivity contribution < 1.29 is 22.7 Å². The van der Waals surface area contributed by atoms with Crippen molar-refractivity contribution >= 4 is 22.6 Å². The molecule has 4 fully saturated rings. The van der Waals surface area contributed by atoms with Gasteiger partial charge in [-0.2, -0.15) is 13.2 Å².